The van der Waals surface area contributed by atoms with Gasteiger partial charge in [-0.2, -0.15) is 0 Å². The van der Waals surface area contributed by atoms with Crippen molar-refractivity contribution in [3.05, 3.63) is 0 Å². The van der Waals surface area contributed by atoms with E-state index in [2.05, 4.69) is 27.7 Å². The second-order valence-corrected chi connectivity index (χ2v) is 7.32. The molecule has 4 bridgehead atoms. The predicted octanol–water partition coefficient (Wildman–Crippen LogP) is 4.02. The number of fused-ring (bicyclic) bond motifs is 1. The first-order chi connectivity index (χ1) is 7.44. The van der Waals surface area contributed by atoms with E-state index in [9.17, 15) is 0 Å². The van der Waals surface area contributed by atoms with E-state index >= 15 is 0 Å². The van der Waals surface area contributed by atoms with Gasteiger partial charge in [0.05, 0.1) is 11.2 Å². The fraction of sp³-hybridized carbons (Fsp3) is 1.00. The normalized spacial score (nSPS) is 55.7. The first-order valence-electron chi connectivity index (χ1n) is 7.14. The lowest BCUT2D eigenvalue weighted by molar-refractivity contribution is -0.286. The number of hydrogen-bond donors (Lipinski definition) is 0. The molecule has 2 heterocycles. The Labute approximate surface area is 99.9 Å². The summed E-state index contributed by atoms with van der Waals surface area (Å²) in [6.45, 7) is 9.58. The van der Waals surface area contributed by atoms with Crippen LogP contribution in [0.25, 0.3) is 0 Å². The molecule has 3 unspecified atom stereocenters. The summed E-state index contributed by atoms with van der Waals surface area (Å²) in [5.41, 5.74) is 0.434. The first-order valence-corrected chi connectivity index (χ1v) is 7.14. The van der Waals surface area contributed by atoms with Gasteiger partial charge in [-0.15, -0.1) is 0 Å². The van der Waals surface area contributed by atoms with Gasteiger partial charge in [0.2, 0.25) is 0 Å². The van der Waals surface area contributed by atoms with Gasteiger partial charge >= 0.3 is 0 Å². The second kappa shape index (κ2) is 3.25. The van der Waals surface area contributed by atoms with E-state index in [0.717, 1.165) is 23.7 Å². The minimum Gasteiger partial charge on any atom is -0.369 e. The van der Waals surface area contributed by atoms with Gasteiger partial charge < -0.3 is 4.74 Å². The van der Waals surface area contributed by atoms with Crippen LogP contribution in [0.15, 0.2) is 0 Å². The Kier molecular flexibility index (Phi) is 2.25. The highest BCUT2D eigenvalue weighted by atomic mass is 16.5. The summed E-state index contributed by atoms with van der Waals surface area (Å²) in [6.07, 6.45) is 6.74. The molecule has 0 aromatic carbocycles. The molecule has 0 amide bonds. The molecule has 4 aliphatic rings. The van der Waals surface area contributed by atoms with E-state index in [1.807, 2.05) is 0 Å². The molecule has 5 atom stereocenters. The van der Waals surface area contributed by atoms with Gasteiger partial charge in [-0.1, -0.05) is 13.8 Å². The van der Waals surface area contributed by atoms with Crippen LogP contribution in [0.4, 0.5) is 0 Å². The van der Waals surface area contributed by atoms with Gasteiger partial charge in [0.25, 0.3) is 0 Å². The summed E-state index contributed by atoms with van der Waals surface area (Å²) in [5, 5.41) is 0. The molecule has 4 fully saturated rings. The third-order valence-electron chi connectivity index (χ3n) is 5.81. The van der Waals surface area contributed by atoms with E-state index in [1.54, 1.807) is 0 Å². The summed E-state index contributed by atoms with van der Waals surface area (Å²) in [4.78, 5) is 0. The first kappa shape index (κ1) is 11.1. The van der Waals surface area contributed by atoms with E-state index < -0.39 is 0 Å². The molecule has 4 rings (SSSR count). The number of ether oxygens (including phenoxy) is 1. The minimum atomic E-state index is 0.210. The molecule has 0 aromatic rings. The maximum absolute atomic E-state index is 6.46. The van der Waals surface area contributed by atoms with Crippen molar-refractivity contribution in [3.8, 4) is 0 Å². The van der Waals surface area contributed by atoms with Crippen molar-refractivity contribution in [1.29, 1.82) is 0 Å². The SMILES string of the molecule is CC(C)[C@H]1CCC2(C)O[C@@]3(C)CCC2C1C3. The largest absolute Gasteiger partial charge is 0.369 e. The molecule has 2 aliphatic heterocycles. The smallest absolute Gasteiger partial charge is 0.0692 e. The van der Waals surface area contributed by atoms with Crippen LogP contribution in [0, 0.1) is 23.7 Å². The fourth-order valence-electron chi connectivity index (χ4n) is 5.09. The van der Waals surface area contributed by atoms with Crippen molar-refractivity contribution >= 4 is 0 Å². The molecule has 2 saturated heterocycles. The van der Waals surface area contributed by atoms with Crippen molar-refractivity contribution in [2.45, 2.75) is 71.0 Å². The highest BCUT2D eigenvalue weighted by Crippen LogP contribution is 2.60. The van der Waals surface area contributed by atoms with Crippen molar-refractivity contribution in [2.24, 2.45) is 23.7 Å². The monoisotopic (exact) mass is 222 g/mol. The highest BCUT2D eigenvalue weighted by Gasteiger charge is 2.59. The van der Waals surface area contributed by atoms with Gasteiger partial charge in [0, 0.05) is 0 Å². The van der Waals surface area contributed by atoms with Gasteiger partial charge in [0.15, 0.2) is 0 Å². The lowest BCUT2D eigenvalue weighted by atomic mass is 9.52. The standard InChI is InChI=1S/C15H26O/c1-10(2)11-5-8-15(4)13-6-7-14(3,16-15)9-12(11)13/h10-13H,5-9H2,1-4H3/t11-,12?,13?,14+,15?/m1/s1. The van der Waals surface area contributed by atoms with Crippen molar-refractivity contribution in [1.82, 2.24) is 0 Å². The topological polar surface area (TPSA) is 9.23 Å². The van der Waals surface area contributed by atoms with Gasteiger partial charge in [-0.3, -0.25) is 0 Å². The average molecular weight is 222 g/mol. The Hall–Kier alpha value is -0.0400. The van der Waals surface area contributed by atoms with Crippen LogP contribution in [0.5, 0.6) is 0 Å². The Morgan fingerprint density at radius 2 is 1.88 bits per heavy atom. The van der Waals surface area contributed by atoms with Crippen LogP contribution in [-0.4, -0.2) is 11.2 Å². The summed E-state index contributed by atoms with van der Waals surface area (Å²) in [5.74, 6) is 3.63. The number of hydrogen-bond acceptors (Lipinski definition) is 1. The molecule has 2 aliphatic carbocycles. The average Bonchev–Trinajstić information content (AvgIpc) is 2.14. The summed E-state index contributed by atoms with van der Waals surface area (Å²) < 4.78 is 6.46. The summed E-state index contributed by atoms with van der Waals surface area (Å²) in [6, 6.07) is 0. The van der Waals surface area contributed by atoms with Crippen LogP contribution >= 0.6 is 0 Å². The van der Waals surface area contributed by atoms with E-state index in [4.69, 9.17) is 4.74 Å². The minimum absolute atomic E-state index is 0.210. The molecule has 92 valence electrons. The zero-order chi connectivity index (χ0) is 11.6. The molecule has 1 nitrogen and oxygen atoms in total. The zero-order valence-electron chi connectivity index (χ0n) is 11.3. The highest BCUT2D eigenvalue weighted by molar-refractivity contribution is 5.08. The molecular weight excluding hydrogens is 196 g/mol. The van der Waals surface area contributed by atoms with Crippen molar-refractivity contribution in [2.75, 3.05) is 0 Å². The van der Waals surface area contributed by atoms with Crippen LogP contribution in [0.2, 0.25) is 0 Å². The lowest BCUT2D eigenvalue weighted by Gasteiger charge is -2.63. The summed E-state index contributed by atoms with van der Waals surface area (Å²) in [7, 11) is 0. The third kappa shape index (κ3) is 1.40. The van der Waals surface area contributed by atoms with Crippen LogP contribution in [-0.2, 0) is 4.74 Å². The molecule has 0 radical (unpaired) electrons. The molecule has 2 saturated carbocycles. The van der Waals surface area contributed by atoms with Gasteiger partial charge in [0.1, 0.15) is 0 Å². The molecule has 0 N–H and O–H groups in total. The number of rotatable bonds is 1. The Balaban J connectivity index is 1.93. The summed E-state index contributed by atoms with van der Waals surface area (Å²) >= 11 is 0. The predicted molar refractivity (Wildman–Crippen MR) is 66.3 cm³/mol. The van der Waals surface area contributed by atoms with E-state index in [1.165, 1.54) is 32.1 Å². The zero-order valence-corrected chi connectivity index (χ0v) is 11.3. The van der Waals surface area contributed by atoms with E-state index in [-0.39, 0.29) is 11.2 Å². The Morgan fingerprint density at radius 3 is 2.50 bits per heavy atom. The van der Waals surface area contributed by atoms with Crippen LogP contribution in [0.3, 0.4) is 0 Å². The lowest BCUT2D eigenvalue weighted by Crippen LogP contribution is -2.63. The molecule has 16 heavy (non-hydrogen) atoms. The van der Waals surface area contributed by atoms with Gasteiger partial charge in [-0.05, 0) is 69.6 Å². The third-order valence-corrected chi connectivity index (χ3v) is 5.81. The van der Waals surface area contributed by atoms with Gasteiger partial charge in [-0.25, -0.2) is 0 Å². The Bertz CT molecular complexity index is 298. The quantitative estimate of drug-likeness (QED) is 0.651. The maximum atomic E-state index is 6.46. The maximum Gasteiger partial charge on any atom is 0.0692 e. The molecular formula is C15H26O. The van der Waals surface area contributed by atoms with E-state index in [0.29, 0.717) is 0 Å². The van der Waals surface area contributed by atoms with Crippen molar-refractivity contribution < 1.29 is 4.74 Å². The second-order valence-electron chi connectivity index (χ2n) is 7.32. The van der Waals surface area contributed by atoms with Crippen LogP contribution < -0.4 is 0 Å². The Morgan fingerprint density at radius 1 is 1.12 bits per heavy atom. The fourth-order valence-corrected chi connectivity index (χ4v) is 5.09. The van der Waals surface area contributed by atoms with Crippen LogP contribution in [0.1, 0.15) is 59.8 Å². The van der Waals surface area contributed by atoms with Crippen molar-refractivity contribution in [3.63, 3.8) is 0 Å². The molecule has 0 spiro atoms. The molecule has 1 heteroatoms. The molecule has 0 aromatic heterocycles.